The predicted molar refractivity (Wildman–Crippen MR) is 107 cm³/mol. The topological polar surface area (TPSA) is 36.9 Å². The highest BCUT2D eigenvalue weighted by atomic mass is 32.1. The molecule has 7 heteroatoms. The lowest BCUT2D eigenvalue weighted by Gasteiger charge is -2.32. The van der Waals surface area contributed by atoms with Crippen LogP contribution in [0.2, 0.25) is 0 Å². The van der Waals surface area contributed by atoms with Gasteiger partial charge in [0.1, 0.15) is 5.75 Å². The molecule has 27 heavy (non-hydrogen) atoms. The van der Waals surface area contributed by atoms with E-state index in [0.29, 0.717) is 5.75 Å². The van der Waals surface area contributed by atoms with E-state index in [2.05, 4.69) is 37.8 Å². The fourth-order valence-electron chi connectivity index (χ4n) is 3.48. The standard InChI is InChI=1S/C20H26BFO4S/c1-12-8-13(2)16(14(3)9-12)15-10-27-18(17(15)23-11-24-22)21-25-19(4,5)20(6,7)26-21/h8-10H,11H2,1-7H3. The van der Waals surface area contributed by atoms with E-state index in [-0.39, 0.29) is 0 Å². The van der Waals surface area contributed by atoms with Crippen molar-refractivity contribution in [3.05, 3.63) is 34.2 Å². The smallest absolute Gasteiger partial charge is 0.463 e. The van der Waals surface area contributed by atoms with Gasteiger partial charge in [-0.05, 0) is 69.7 Å². The molecule has 1 fully saturated rings. The summed E-state index contributed by atoms with van der Waals surface area (Å²) in [7, 11) is -0.575. The molecule has 0 saturated carbocycles. The summed E-state index contributed by atoms with van der Waals surface area (Å²) in [4.78, 5) is 3.69. The molecule has 1 aliphatic rings. The first-order chi connectivity index (χ1) is 12.6. The van der Waals surface area contributed by atoms with Gasteiger partial charge >= 0.3 is 7.12 Å². The highest BCUT2D eigenvalue weighted by Gasteiger charge is 2.53. The number of thiophene rings is 1. The first-order valence-corrected chi connectivity index (χ1v) is 9.87. The minimum Gasteiger partial charge on any atom is -0.463 e. The lowest BCUT2D eigenvalue weighted by molar-refractivity contribution is -0.183. The van der Waals surface area contributed by atoms with E-state index in [1.54, 1.807) is 0 Å². The van der Waals surface area contributed by atoms with Gasteiger partial charge < -0.3 is 14.0 Å². The van der Waals surface area contributed by atoms with Gasteiger partial charge in [0.15, 0.2) is 0 Å². The third-order valence-corrected chi connectivity index (χ3v) is 6.42. The van der Waals surface area contributed by atoms with Crippen molar-refractivity contribution in [1.29, 1.82) is 0 Å². The zero-order valence-electron chi connectivity index (χ0n) is 16.9. The second-order valence-corrected chi connectivity index (χ2v) is 8.99. The quantitative estimate of drug-likeness (QED) is 0.537. The molecule has 146 valence electrons. The Hall–Kier alpha value is -1.41. The third-order valence-electron chi connectivity index (χ3n) is 5.43. The summed E-state index contributed by atoms with van der Waals surface area (Å²) in [6.07, 6.45) is 0. The largest absolute Gasteiger partial charge is 0.509 e. The highest BCUT2D eigenvalue weighted by molar-refractivity contribution is 7.21. The van der Waals surface area contributed by atoms with Crippen molar-refractivity contribution in [2.45, 2.75) is 59.7 Å². The first kappa shape index (κ1) is 20.3. The van der Waals surface area contributed by atoms with Gasteiger partial charge in [0.05, 0.1) is 16.0 Å². The maximum absolute atomic E-state index is 12.4. The summed E-state index contributed by atoms with van der Waals surface area (Å²) in [5.41, 5.74) is 4.51. The zero-order valence-corrected chi connectivity index (χ0v) is 17.8. The van der Waals surface area contributed by atoms with Crippen molar-refractivity contribution in [3.63, 3.8) is 0 Å². The first-order valence-electron chi connectivity index (χ1n) is 8.99. The monoisotopic (exact) mass is 392 g/mol. The number of benzene rings is 1. The van der Waals surface area contributed by atoms with Gasteiger partial charge in [-0.1, -0.05) is 17.7 Å². The maximum atomic E-state index is 12.4. The van der Waals surface area contributed by atoms with Gasteiger partial charge in [-0.25, -0.2) is 0 Å². The molecular weight excluding hydrogens is 366 g/mol. The Bertz CT molecular complexity index is 807. The van der Waals surface area contributed by atoms with Crippen molar-refractivity contribution in [1.82, 2.24) is 0 Å². The summed E-state index contributed by atoms with van der Waals surface area (Å²) in [6, 6.07) is 4.26. The maximum Gasteiger partial charge on any atom is 0.509 e. The van der Waals surface area contributed by atoms with Gasteiger partial charge in [0, 0.05) is 10.9 Å². The highest BCUT2D eigenvalue weighted by Crippen LogP contribution is 2.41. The van der Waals surface area contributed by atoms with Crippen molar-refractivity contribution in [3.8, 4) is 16.9 Å². The Morgan fingerprint density at radius 2 is 1.59 bits per heavy atom. The molecule has 0 bridgehead atoms. The number of hydrogen-bond donors (Lipinski definition) is 0. The number of halogens is 1. The molecule has 1 aromatic carbocycles. The lowest BCUT2D eigenvalue weighted by Crippen LogP contribution is -2.41. The molecule has 2 aromatic rings. The summed E-state index contributed by atoms with van der Waals surface area (Å²) in [6.45, 7) is 13.7. The fourth-order valence-corrected chi connectivity index (χ4v) is 4.44. The molecule has 0 aliphatic carbocycles. The van der Waals surface area contributed by atoms with Crippen LogP contribution in [0, 0.1) is 20.8 Å². The Balaban J connectivity index is 2.09. The van der Waals surface area contributed by atoms with Crippen molar-refractivity contribution < 1.29 is 23.5 Å². The predicted octanol–water partition coefficient (Wildman–Crippen LogP) is 4.88. The number of hydrogen-bond acceptors (Lipinski definition) is 5. The Kier molecular flexibility index (Phi) is 5.43. The average Bonchev–Trinajstić information content (AvgIpc) is 3.02. The summed E-state index contributed by atoms with van der Waals surface area (Å²) in [5.74, 6) is 0.547. The van der Waals surface area contributed by atoms with Crippen LogP contribution < -0.4 is 9.51 Å². The second kappa shape index (κ2) is 7.20. The van der Waals surface area contributed by atoms with E-state index < -0.39 is 25.1 Å². The zero-order chi connectivity index (χ0) is 20.0. The molecule has 0 spiro atoms. The summed E-state index contributed by atoms with van der Waals surface area (Å²) in [5, 5.41) is 2.01. The molecule has 2 heterocycles. The number of rotatable bonds is 5. The van der Waals surface area contributed by atoms with E-state index in [0.717, 1.165) is 27.0 Å². The minimum absolute atomic E-state index is 0.467. The molecular formula is C20H26BFO4S. The van der Waals surface area contributed by atoms with E-state index in [1.807, 2.05) is 33.1 Å². The molecule has 3 rings (SSSR count). The van der Waals surface area contributed by atoms with Gasteiger partial charge in [-0.15, -0.1) is 11.3 Å². The normalized spacial score (nSPS) is 18.1. The van der Waals surface area contributed by atoms with Crippen molar-refractivity contribution in [2.24, 2.45) is 0 Å². The van der Waals surface area contributed by atoms with Crippen LogP contribution in [0.3, 0.4) is 0 Å². The number of ether oxygens (including phenoxy) is 1. The van der Waals surface area contributed by atoms with Gasteiger partial charge in [0.2, 0.25) is 6.79 Å². The van der Waals surface area contributed by atoms with E-state index in [4.69, 9.17) is 14.0 Å². The SMILES string of the molecule is Cc1cc(C)c(-c2csc(B3OC(C)(C)C(C)(C)O3)c2OCOF)c(C)c1. The molecule has 0 unspecified atom stereocenters. The molecule has 0 N–H and O–H groups in total. The van der Waals surface area contributed by atoms with Crippen LogP contribution >= 0.6 is 11.3 Å². The summed E-state index contributed by atoms with van der Waals surface area (Å²) < 4.78 is 31.2. The molecule has 0 radical (unpaired) electrons. The van der Waals surface area contributed by atoms with Crippen molar-refractivity contribution >= 4 is 23.2 Å². The van der Waals surface area contributed by atoms with E-state index >= 15 is 0 Å². The number of aryl methyl sites for hydroxylation is 3. The summed E-state index contributed by atoms with van der Waals surface area (Å²) >= 11 is 1.49. The Labute approximate surface area is 164 Å². The van der Waals surface area contributed by atoms with Gasteiger partial charge in [0.25, 0.3) is 0 Å². The molecule has 0 atom stereocenters. The minimum atomic E-state index is -0.575. The Morgan fingerprint density at radius 3 is 2.11 bits per heavy atom. The van der Waals surface area contributed by atoms with Crippen LogP contribution in [-0.2, 0) is 14.3 Å². The van der Waals surface area contributed by atoms with Crippen LogP contribution in [-0.4, -0.2) is 25.1 Å². The molecule has 4 nitrogen and oxygen atoms in total. The van der Waals surface area contributed by atoms with Crippen molar-refractivity contribution in [2.75, 3.05) is 6.79 Å². The van der Waals surface area contributed by atoms with Crippen LogP contribution in [0.1, 0.15) is 44.4 Å². The van der Waals surface area contributed by atoms with E-state index in [9.17, 15) is 4.53 Å². The third kappa shape index (κ3) is 3.66. The fraction of sp³-hybridized carbons (Fsp3) is 0.500. The van der Waals surface area contributed by atoms with Gasteiger partial charge in [-0.3, -0.25) is 0 Å². The molecule has 1 aromatic heterocycles. The van der Waals surface area contributed by atoms with E-state index in [1.165, 1.54) is 16.9 Å². The lowest BCUT2D eigenvalue weighted by atomic mass is 9.85. The van der Waals surface area contributed by atoms with Crippen LogP contribution in [0.5, 0.6) is 5.75 Å². The Morgan fingerprint density at radius 1 is 1.04 bits per heavy atom. The molecule has 1 aliphatic heterocycles. The molecule has 0 amide bonds. The van der Waals surface area contributed by atoms with Gasteiger partial charge in [-0.2, -0.15) is 4.94 Å². The average molecular weight is 392 g/mol. The van der Waals surface area contributed by atoms with Crippen LogP contribution in [0.15, 0.2) is 17.5 Å². The van der Waals surface area contributed by atoms with Crippen LogP contribution in [0.25, 0.3) is 11.1 Å². The second-order valence-electron chi connectivity index (χ2n) is 8.08. The molecule has 1 saturated heterocycles. The van der Waals surface area contributed by atoms with Crippen LogP contribution in [0.4, 0.5) is 4.53 Å².